The zero-order valence-corrected chi connectivity index (χ0v) is 11.6. The van der Waals surface area contributed by atoms with Crippen LogP contribution in [0.25, 0.3) is 0 Å². The molecule has 0 amide bonds. The van der Waals surface area contributed by atoms with Crippen LogP contribution in [0.4, 0.5) is 13.2 Å². The monoisotopic (exact) mass is 329 g/mol. The quantitative estimate of drug-likeness (QED) is 0.820. The van der Waals surface area contributed by atoms with Crippen LogP contribution in [0.3, 0.4) is 0 Å². The summed E-state index contributed by atoms with van der Waals surface area (Å²) in [7, 11) is 0. The molecule has 0 spiro atoms. The molecule has 0 saturated heterocycles. The Morgan fingerprint density at radius 1 is 0.947 bits per heavy atom. The Morgan fingerprint density at radius 3 is 2.21 bits per heavy atom. The lowest BCUT2D eigenvalue weighted by molar-refractivity contribution is 0.487. The fraction of sp³-hybridized carbons (Fsp3) is 0.143. The molecule has 2 aromatic carbocycles. The van der Waals surface area contributed by atoms with Crippen molar-refractivity contribution in [2.75, 3.05) is 0 Å². The van der Waals surface area contributed by atoms with Crippen molar-refractivity contribution < 1.29 is 13.2 Å². The molecule has 0 aromatic heterocycles. The van der Waals surface area contributed by atoms with Gasteiger partial charge in [0.25, 0.3) is 0 Å². The van der Waals surface area contributed by atoms with Crippen molar-refractivity contribution in [2.45, 2.75) is 13.0 Å². The minimum atomic E-state index is -1.22. The van der Waals surface area contributed by atoms with E-state index in [0.29, 0.717) is 11.6 Å². The van der Waals surface area contributed by atoms with Crippen molar-refractivity contribution in [2.24, 2.45) is 5.73 Å². The molecule has 0 saturated carbocycles. The van der Waals surface area contributed by atoms with Gasteiger partial charge < -0.3 is 5.73 Å². The highest BCUT2D eigenvalue weighted by atomic mass is 79.9. The van der Waals surface area contributed by atoms with Gasteiger partial charge in [-0.2, -0.15) is 0 Å². The van der Waals surface area contributed by atoms with Gasteiger partial charge in [-0.3, -0.25) is 0 Å². The van der Waals surface area contributed by atoms with E-state index < -0.39 is 23.5 Å². The maximum absolute atomic E-state index is 13.7. The van der Waals surface area contributed by atoms with Crippen LogP contribution in [0.5, 0.6) is 0 Å². The lowest BCUT2D eigenvalue weighted by Gasteiger charge is -2.15. The van der Waals surface area contributed by atoms with Crippen LogP contribution >= 0.6 is 15.9 Å². The number of nitrogens with two attached hydrogens (primary N) is 1. The van der Waals surface area contributed by atoms with Crippen LogP contribution in [0.1, 0.15) is 22.7 Å². The predicted octanol–water partition coefficient (Wildman–Crippen LogP) is 4.22. The van der Waals surface area contributed by atoms with Crippen LogP contribution < -0.4 is 5.73 Å². The molecule has 19 heavy (non-hydrogen) atoms. The molecule has 1 unspecified atom stereocenters. The van der Waals surface area contributed by atoms with Crippen LogP contribution in [0.15, 0.2) is 34.8 Å². The first-order valence-electron chi connectivity index (χ1n) is 5.55. The first-order valence-corrected chi connectivity index (χ1v) is 6.35. The summed E-state index contributed by atoms with van der Waals surface area (Å²) < 4.78 is 40.5. The van der Waals surface area contributed by atoms with E-state index in [0.717, 1.165) is 16.1 Å². The fourth-order valence-electron chi connectivity index (χ4n) is 1.90. The zero-order valence-electron chi connectivity index (χ0n) is 10.1. The first-order chi connectivity index (χ1) is 8.88. The topological polar surface area (TPSA) is 26.0 Å². The third-order valence-corrected chi connectivity index (χ3v) is 3.26. The van der Waals surface area contributed by atoms with Crippen LogP contribution in [-0.2, 0) is 0 Å². The predicted molar refractivity (Wildman–Crippen MR) is 71.2 cm³/mol. The van der Waals surface area contributed by atoms with Crippen molar-refractivity contribution in [3.8, 4) is 0 Å². The van der Waals surface area contributed by atoms with E-state index in [9.17, 15) is 13.2 Å². The number of rotatable bonds is 2. The number of aryl methyl sites for hydroxylation is 1. The lowest BCUT2D eigenvalue weighted by Crippen LogP contribution is -2.14. The van der Waals surface area contributed by atoms with E-state index >= 15 is 0 Å². The van der Waals surface area contributed by atoms with Crippen LogP contribution in [0, 0.1) is 24.4 Å². The van der Waals surface area contributed by atoms with Gasteiger partial charge in [0.2, 0.25) is 0 Å². The summed E-state index contributed by atoms with van der Waals surface area (Å²) in [6.07, 6.45) is 0. The summed E-state index contributed by atoms with van der Waals surface area (Å²) in [6.45, 7) is 1.86. The molecule has 100 valence electrons. The molecule has 0 bridgehead atoms. The molecule has 0 fully saturated rings. The van der Waals surface area contributed by atoms with Crippen molar-refractivity contribution >= 4 is 15.9 Å². The number of hydrogen-bond donors (Lipinski definition) is 1. The highest BCUT2D eigenvalue weighted by Crippen LogP contribution is 2.27. The second-order valence-corrected chi connectivity index (χ2v) is 5.24. The number of benzene rings is 2. The van der Waals surface area contributed by atoms with Gasteiger partial charge in [0.15, 0.2) is 11.6 Å². The minimum Gasteiger partial charge on any atom is -0.320 e. The fourth-order valence-corrected chi connectivity index (χ4v) is 2.53. The summed E-state index contributed by atoms with van der Waals surface area (Å²) >= 11 is 3.32. The molecule has 0 aliphatic rings. The van der Waals surface area contributed by atoms with Crippen LogP contribution in [-0.4, -0.2) is 0 Å². The molecule has 0 aliphatic carbocycles. The Balaban J connectivity index is 2.49. The number of hydrogen-bond acceptors (Lipinski definition) is 1. The Kier molecular flexibility index (Phi) is 3.96. The molecule has 2 aromatic rings. The third kappa shape index (κ3) is 2.98. The summed E-state index contributed by atoms with van der Waals surface area (Å²) in [4.78, 5) is 0. The van der Waals surface area contributed by atoms with E-state index in [2.05, 4.69) is 15.9 Å². The second kappa shape index (κ2) is 5.35. The van der Waals surface area contributed by atoms with Crippen molar-refractivity contribution in [1.82, 2.24) is 0 Å². The Bertz CT molecular complexity index is 608. The SMILES string of the molecule is Cc1cc(Br)cc(C(N)c2cc(F)c(F)cc2F)c1. The smallest absolute Gasteiger partial charge is 0.161 e. The molecule has 0 radical (unpaired) electrons. The number of halogens is 4. The normalized spacial score (nSPS) is 12.5. The van der Waals surface area contributed by atoms with E-state index in [1.165, 1.54) is 0 Å². The van der Waals surface area contributed by atoms with Gasteiger partial charge in [-0.15, -0.1) is 0 Å². The zero-order chi connectivity index (χ0) is 14.2. The highest BCUT2D eigenvalue weighted by molar-refractivity contribution is 9.10. The molecule has 5 heteroatoms. The maximum atomic E-state index is 13.7. The van der Waals surface area contributed by atoms with Gasteiger partial charge in [0.05, 0.1) is 6.04 Å². The van der Waals surface area contributed by atoms with Crippen LogP contribution in [0.2, 0.25) is 0 Å². The highest BCUT2D eigenvalue weighted by Gasteiger charge is 2.17. The molecule has 2 rings (SSSR count). The van der Waals surface area contributed by atoms with Crippen molar-refractivity contribution in [3.05, 3.63) is 68.9 Å². The van der Waals surface area contributed by atoms with Gasteiger partial charge in [-0.05, 0) is 36.2 Å². The van der Waals surface area contributed by atoms with Gasteiger partial charge in [-0.25, -0.2) is 13.2 Å². The second-order valence-electron chi connectivity index (χ2n) is 4.33. The molecule has 0 heterocycles. The van der Waals surface area contributed by atoms with Crippen molar-refractivity contribution in [1.29, 1.82) is 0 Å². The summed E-state index contributed by atoms with van der Waals surface area (Å²) in [5.41, 5.74) is 7.41. The largest absolute Gasteiger partial charge is 0.320 e. The third-order valence-electron chi connectivity index (χ3n) is 2.80. The van der Waals surface area contributed by atoms with Crippen molar-refractivity contribution in [3.63, 3.8) is 0 Å². The minimum absolute atomic E-state index is 0.0728. The summed E-state index contributed by atoms with van der Waals surface area (Å²) in [6, 6.07) is 5.82. The Hall–Kier alpha value is -1.33. The van der Waals surface area contributed by atoms with Gasteiger partial charge >= 0.3 is 0 Å². The molecule has 1 nitrogen and oxygen atoms in total. The average Bonchev–Trinajstić information content (AvgIpc) is 2.31. The lowest BCUT2D eigenvalue weighted by atomic mass is 9.97. The Labute approximate surface area is 117 Å². The van der Waals surface area contributed by atoms with E-state index in [1.54, 1.807) is 12.1 Å². The first kappa shape index (κ1) is 14.1. The van der Waals surface area contributed by atoms with E-state index in [4.69, 9.17) is 5.73 Å². The average molecular weight is 330 g/mol. The summed E-state index contributed by atoms with van der Waals surface area (Å²) in [5.74, 6) is -3.19. The van der Waals surface area contributed by atoms with Gasteiger partial charge in [-0.1, -0.05) is 22.0 Å². The molecular weight excluding hydrogens is 319 g/mol. The molecule has 1 atom stereocenters. The standard InChI is InChI=1S/C14H11BrF3N/c1-7-2-8(4-9(15)3-7)14(19)10-5-12(17)13(18)6-11(10)16/h2-6,14H,19H2,1H3. The van der Waals surface area contributed by atoms with E-state index in [-0.39, 0.29) is 5.56 Å². The van der Waals surface area contributed by atoms with Gasteiger partial charge in [0.1, 0.15) is 5.82 Å². The maximum Gasteiger partial charge on any atom is 0.161 e. The molecule has 2 N–H and O–H groups in total. The Morgan fingerprint density at radius 2 is 1.58 bits per heavy atom. The molecular formula is C14H11BrF3N. The summed E-state index contributed by atoms with van der Waals surface area (Å²) in [5, 5.41) is 0. The van der Waals surface area contributed by atoms with Gasteiger partial charge in [0, 0.05) is 16.1 Å². The van der Waals surface area contributed by atoms with E-state index in [1.807, 2.05) is 13.0 Å². The molecule has 0 aliphatic heterocycles.